The third-order valence-corrected chi connectivity index (χ3v) is 9.29. The Labute approximate surface area is 269 Å². The number of imidazole rings is 2. The third-order valence-electron chi connectivity index (χ3n) is 9.29. The van der Waals surface area contributed by atoms with Gasteiger partial charge in [0.2, 0.25) is 0 Å². The van der Waals surface area contributed by atoms with Crippen molar-refractivity contribution < 1.29 is 4.74 Å². The molecule has 0 saturated carbocycles. The lowest BCUT2D eigenvalue weighted by Crippen LogP contribution is -1.96. The van der Waals surface area contributed by atoms with Crippen LogP contribution in [0.2, 0.25) is 0 Å². The second kappa shape index (κ2) is 10.0. The highest BCUT2D eigenvalue weighted by atomic mass is 16.5. The minimum Gasteiger partial charge on any atom is -0.457 e. The fourth-order valence-corrected chi connectivity index (χ4v) is 7.26. The van der Waals surface area contributed by atoms with E-state index >= 15 is 0 Å². The summed E-state index contributed by atoms with van der Waals surface area (Å²) >= 11 is 0. The number of nitrogens with zero attached hydrogens (tertiary/aromatic N) is 4. The van der Waals surface area contributed by atoms with Gasteiger partial charge in [0, 0.05) is 51.9 Å². The van der Waals surface area contributed by atoms with Crippen LogP contribution in [-0.4, -0.2) is 18.8 Å². The van der Waals surface area contributed by atoms with Crippen molar-refractivity contribution in [3.8, 4) is 33.8 Å². The van der Waals surface area contributed by atoms with Gasteiger partial charge in [0.05, 0.1) is 11.0 Å². The fourth-order valence-electron chi connectivity index (χ4n) is 7.26. The zero-order valence-corrected chi connectivity index (χ0v) is 25.2. The van der Waals surface area contributed by atoms with Crippen molar-refractivity contribution in [2.75, 3.05) is 0 Å². The van der Waals surface area contributed by atoms with Crippen molar-refractivity contribution in [1.82, 2.24) is 18.8 Å². The van der Waals surface area contributed by atoms with Crippen molar-refractivity contribution in [3.63, 3.8) is 0 Å². The molecule has 0 radical (unpaired) electrons. The molecule has 0 fully saturated rings. The van der Waals surface area contributed by atoms with Crippen LogP contribution in [-0.2, 0) is 0 Å². The summed E-state index contributed by atoms with van der Waals surface area (Å²) in [6, 6.07) is 46.8. The number of hydrogen-bond donors (Lipinski definition) is 0. The first-order valence-electron chi connectivity index (χ1n) is 15.7. The van der Waals surface area contributed by atoms with E-state index < -0.39 is 0 Å². The van der Waals surface area contributed by atoms with E-state index in [0.717, 1.165) is 60.8 Å². The van der Waals surface area contributed by atoms with Gasteiger partial charge in [-0.25, -0.2) is 9.97 Å². The normalized spacial score (nSPS) is 11.8. The van der Waals surface area contributed by atoms with Gasteiger partial charge in [-0.1, -0.05) is 91.0 Å². The van der Waals surface area contributed by atoms with E-state index in [1.807, 2.05) is 24.7 Å². The maximum atomic E-state index is 6.57. The van der Waals surface area contributed by atoms with Crippen molar-refractivity contribution in [2.45, 2.75) is 0 Å². The number of aromatic nitrogens is 4. The minimum absolute atomic E-state index is 0.755. The molecule has 4 aromatic heterocycles. The summed E-state index contributed by atoms with van der Waals surface area (Å²) in [4.78, 5) is 9.57. The van der Waals surface area contributed by atoms with Crippen LogP contribution in [0.1, 0.15) is 0 Å². The highest BCUT2D eigenvalue weighted by Crippen LogP contribution is 2.42. The minimum atomic E-state index is 0.755. The molecule has 0 aliphatic heterocycles. The Hall–Kier alpha value is -6.46. The average molecular weight is 603 g/mol. The van der Waals surface area contributed by atoms with E-state index in [2.05, 4.69) is 142 Å². The molecule has 0 spiro atoms. The van der Waals surface area contributed by atoms with Crippen LogP contribution in [0, 0.1) is 0 Å². The summed E-state index contributed by atoms with van der Waals surface area (Å²) in [6.07, 6.45) is 7.81. The molecule has 5 nitrogen and oxygen atoms in total. The topological polar surface area (TPSA) is 43.8 Å². The molecule has 0 N–H and O–H groups in total. The molecular weight excluding hydrogens is 576 g/mol. The van der Waals surface area contributed by atoms with Crippen molar-refractivity contribution in [3.05, 3.63) is 158 Å². The molecule has 0 saturated heterocycles. The molecule has 0 bridgehead atoms. The van der Waals surface area contributed by atoms with Gasteiger partial charge in [-0.05, 0) is 69.9 Å². The number of rotatable bonds is 4. The predicted molar refractivity (Wildman–Crippen MR) is 191 cm³/mol. The maximum absolute atomic E-state index is 6.57. The summed E-state index contributed by atoms with van der Waals surface area (Å²) in [5.41, 5.74) is 8.81. The molecule has 4 heterocycles. The Morgan fingerprint density at radius 3 is 1.74 bits per heavy atom. The smallest absolute Gasteiger partial charge is 0.145 e. The molecule has 0 aliphatic carbocycles. The number of benzene rings is 6. The molecule has 5 heteroatoms. The van der Waals surface area contributed by atoms with Crippen molar-refractivity contribution in [2.24, 2.45) is 0 Å². The molecule has 0 unspecified atom stereocenters. The summed E-state index contributed by atoms with van der Waals surface area (Å²) in [7, 11) is 0. The number of pyridine rings is 2. The van der Waals surface area contributed by atoms with Crippen LogP contribution in [0.3, 0.4) is 0 Å². The van der Waals surface area contributed by atoms with Gasteiger partial charge in [0.1, 0.15) is 22.8 Å². The summed E-state index contributed by atoms with van der Waals surface area (Å²) in [5.74, 6) is 1.52. The zero-order chi connectivity index (χ0) is 30.9. The number of para-hydroxylation sites is 1. The lowest BCUT2D eigenvalue weighted by molar-refractivity contribution is 0.484. The van der Waals surface area contributed by atoms with Crippen LogP contribution in [0.4, 0.5) is 0 Å². The van der Waals surface area contributed by atoms with Crippen LogP contribution >= 0.6 is 0 Å². The molecule has 0 aliphatic rings. The van der Waals surface area contributed by atoms with Crippen LogP contribution < -0.4 is 4.74 Å². The first kappa shape index (κ1) is 25.8. The maximum Gasteiger partial charge on any atom is 0.145 e. The summed E-state index contributed by atoms with van der Waals surface area (Å²) in [6.45, 7) is 0. The summed E-state index contributed by atoms with van der Waals surface area (Å²) < 4.78 is 10.9. The van der Waals surface area contributed by atoms with Gasteiger partial charge in [0.15, 0.2) is 0 Å². The van der Waals surface area contributed by atoms with Gasteiger partial charge in [-0.15, -0.1) is 0 Å². The molecule has 10 aromatic rings. The van der Waals surface area contributed by atoms with E-state index in [9.17, 15) is 0 Å². The first-order chi connectivity index (χ1) is 23.3. The molecule has 6 aromatic carbocycles. The number of ether oxygens (including phenoxy) is 1. The first-order valence-corrected chi connectivity index (χ1v) is 15.7. The second-order valence-corrected chi connectivity index (χ2v) is 11.9. The number of fused-ring (bicyclic) bond motifs is 12. The Morgan fingerprint density at radius 1 is 0.447 bits per heavy atom. The van der Waals surface area contributed by atoms with E-state index in [1.54, 1.807) is 0 Å². The summed E-state index contributed by atoms with van der Waals surface area (Å²) in [5, 5.41) is 6.72. The Morgan fingerprint density at radius 2 is 1.02 bits per heavy atom. The van der Waals surface area contributed by atoms with E-state index in [0.29, 0.717) is 0 Å². The number of hydrogen-bond acceptors (Lipinski definition) is 3. The molecule has 0 amide bonds. The van der Waals surface area contributed by atoms with Gasteiger partial charge < -0.3 is 4.74 Å². The fraction of sp³-hybridized carbons (Fsp3) is 0. The molecular formula is C42H26N4O. The third kappa shape index (κ3) is 3.90. The Kier molecular flexibility index (Phi) is 5.51. The second-order valence-electron chi connectivity index (χ2n) is 11.9. The average Bonchev–Trinajstić information content (AvgIpc) is 3.84. The molecule has 10 rings (SSSR count). The Bertz CT molecular complexity index is 2820. The molecule has 220 valence electrons. The standard InChI is InChI=1S/C42H26N4O/c1-3-9-27(10-4-1)31-19-20-35-33-18-16-30(26-37(33)42-44-22-24-46(42)40(35)39(31)28-11-5-2-6-12-28)47-29-15-17-32-34-13-7-8-14-38(34)45-23-21-43-41(45)36(32)25-29/h1-26H. The van der Waals surface area contributed by atoms with Crippen LogP contribution in [0.5, 0.6) is 11.5 Å². The van der Waals surface area contributed by atoms with Crippen LogP contribution in [0.25, 0.3) is 76.9 Å². The van der Waals surface area contributed by atoms with E-state index in [4.69, 9.17) is 14.7 Å². The van der Waals surface area contributed by atoms with Crippen LogP contribution in [0.15, 0.2) is 158 Å². The van der Waals surface area contributed by atoms with Gasteiger partial charge in [-0.2, -0.15) is 0 Å². The monoisotopic (exact) mass is 602 g/mol. The van der Waals surface area contributed by atoms with Gasteiger partial charge in [0.25, 0.3) is 0 Å². The van der Waals surface area contributed by atoms with Crippen molar-refractivity contribution >= 4 is 54.6 Å². The van der Waals surface area contributed by atoms with E-state index in [-0.39, 0.29) is 0 Å². The molecule has 0 atom stereocenters. The lowest BCUT2D eigenvalue weighted by atomic mass is 9.90. The lowest BCUT2D eigenvalue weighted by Gasteiger charge is -2.18. The van der Waals surface area contributed by atoms with Crippen molar-refractivity contribution in [1.29, 1.82) is 0 Å². The van der Waals surface area contributed by atoms with Gasteiger partial charge >= 0.3 is 0 Å². The molecule has 47 heavy (non-hydrogen) atoms. The highest BCUT2D eigenvalue weighted by Gasteiger charge is 2.19. The Balaban J connectivity index is 1.16. The largest absolute Gasteiger partial charge is 0.457 e. The predicted octanol–water partition coefficient (Wildman–Crippen LogP) is 10.7. The zero-order valence-electron chi connectivity index (χ0n) is 25.2. The van der Waals surface area contributed by atoms with E-state index in [1.165, 1.54) is 27.6 Å². The SMILES string of the molecule is c1ccc(-c2ccc3c4ccc(Oc5ccc6c7ccccc7n7ccnc7c6c5)cc4c4nccn4c3c2-c2ccccc2)cc1. The quantitative estimate of drug-likeness (QED) is 0.188. The van der Waals surface area contributed by atoms with Gasteiger partial charge in [-0.3, -0.25) is 8.80 Å². The highest BCUT2D eigenvalue weighted by molar-refractivity contribution is 6.17.